The van der Waals surface area contributed by atoms with Crippen LogP contribution < -0.4 is 10.1 Å². The molecule has 1 N–H and O–H groups in total. The number of hydrogen-bond donors (Lipinski definition) is 1. The van der Waals surface area contributed by atoms with Crippen molar-refractivity contribution in [1.29, 1.82) is 0 Å². The second-order valence-corrected chi connectivity index (χ2v) is 8.52. The number of fused-ring (bicyclic) bond motifs is 2. The van der Waals surface area contributed by atoms with Crippen LogP contribution in [0, 0.1) is 13.8 Å². The standard InChI is InChI=1S/C25H34ClN3O/c1-7-29(8-2)13-9-10-17(4)27-25-20-11-12-22(26)18(5)24(20)28-23-16(3)14-19(30-6)15-21(23)25/h11-12,14-15,17H,7-10,13H2,1-6H3,(H,27,28)/t17-/m0/s1. The predicted molar refractivity (Wildman–Crippen MR) is 130 cm³/mol. The molecule has 3 rings (SSSR count). The number of nitrogens with zero attached hydrogens (tertiary/aromatic N) is 2. The lowest BCUT2D eigenvalue weighted by Gasteiger charge is -2.22. The molecule has 0 unspecified atom stereocenters. The van der Waals surface area contributed by atoms with Crippen LogP contribution in [-0.4, -0.2) is 42.7 Å². The van der Waals surface area contributed by atoms with E-state index in [9.17, 15) is 0 Å². The van der Waals surface area contributed by atoms with Crippen LogP contribution in [0.1, 0.15) is 44.7 Å². The van der Waals surface area contributed by atoms with E-state index in [1.165, 1.54) is 6.42 Å². The molecule has 30 heavy (non-hydrogen) atoms. The van der Waals surface area contributed by atoms with Crippen LogP contribution in [0.3, 0.4) is 0 Å². The van der Waals surface area contributed by atoms with Crippen molar-refractivity contribution in [2.45, 2.75) is 53.5 Å². The fourth-order valence-corrected chi connectivity index (χ4v) is 4.27. The topological polar surface area (TPSA) is 37.4 Å². The lowest BCUT2D eigenvalue weighted by atomic mass is 10.0. The number of nitrogens with one attached hydrogen (secondary N) is 1. The molecule has 0 saturated heterocycles. The smallest absolute Gasteiger partial charge is 0.119 e. The third-order valence-electron chi connectivity index (χ3n) is 6.03. The average molecular weight is 428 g/mol. The van der Waals surface area contributed by atoms with E-state index in [1.807, 2.05) is 19.1 Å². The zero-order chi connectivity index (χ0) is 21.8. The number of ether oxygens (including phenoxy) is 1. The number of aryl methyl sites for hydroxylation is 2. The Hall–Kier alpha value is -2.04. The van der Waals surface area contributed by atoms with Crippen LogP contribution in [0.5, 0.6) is 5.75 Å². The van der Waals surface area contributed by atoms with Crippen molar-refractivity contribution in [2.75, 3.05) is 32.1 Å². The molecule has 4 nitrogen and oxygen atoms in total. The third kappa shape index (κ3) is 4.65. The first-order valence-corrected chi connectivity index (χ1v) is 11.3. The van der Waals surface area contributed by atoms with Gasteiger partial charge in [0.25, 0.3) is 0 Å². The summed E-state index contributed by atoms with van der Waals surface area (Å²) in [5.74, 6) is 0.851. The Kier molecular flexibility index (Phi) is 7.43. The number of pyridine rings is 1. The number of anilines is 1. The number of rotatable bonds is 9. The Morgan fingerprint density at radius 2 is 1.83 bits per heavy atom. The molecule has 5 heteroatoms. The van der Waals surface area contributed by atoms with E-state index < -0.39 is 0 Å². The van der Waals surface area contributed by atoms with E-state index in [1.54, 1.807) is 7.11 Å². The lowest BCUT2D eigenvalue weighted by molar-refractivity contribution is 0.295. The van der Waals surface area contributed by atoms with Crippen molar-refractivity contribution >= 4 is 39.1 Å². The monoisotopic (exact) mass is 427 g/mol. The van der Waals surface area contributed by atoms with Gasteiger partial charge in [-0.3, -0.25) is 0 Å². The molecule has 2 aromatic carbocycles. The molecular formula is C25H34ClN3O. The van der Waals surface area contributed by atoms with Crippen molar-refractivity contribution in [3.8, 4) is 5.75 Å². The minimum Gasteiger partial charge on any atom is -0.497 e. The molecule has 162 valence electrons. The summed E-state index contributed by atoms with van der Waals surface area (Å²) in [5.41, 5.74) is 5.19. The summed E-state index contributed by atoms with van der Waals surface area (Å²) in [6, 6.07) is 8.52. The Morgan fingerprint density at radius 1 is 1.10 bits per heavy atom. The highest BCUT2D eigenvalue weighted by Crippen LogP contribution is 2.38. The molecule has 3 aromatic rings. The van der Waals surface area contributed by atoms with Gasteiger partial charge in [-0.25, -0.2) is 4.98 Å². The van der Waals surface area contributed by atoms with Crippen LogP contribution >= 0.6 is 11.6 Å². The lowest BCUT2D eigenvalue weighted by Crippen LogP contribution is -2.25. The van der Waals surface area contributed by atoms with E-state index in [4.69, 9.17) is 21.3 Å². The highest BCUT2D eigenvalue weighted by atomic mass is 35.5. The molecule has 0 bridgehead atoms. The van der Waals surface area contributed by atoms with E-state index >= 15 is 0 Å². The molecule has 0 amide bonds. The predicted octanol–water partition coefficient (Wildman–Crippen LogP) is 6.59. The summed E-state index contributed by atoms with van der Waals surface area (Å²) in [4.78, 5) is 7.48. The summed E-state index contributed by atoms with van der Waals surface area (Å²) >= 11 is 6.42. The van der Waals surface area contributed by atoms with E-state index in [0.29, 0.717) is 6.04 Å². The molecule has 1 heterocycles. The van der Waals surface area contributed by atoms with Crippen LogP contribution in [0.2, 0.25) is 5.02 Å². The average Bonchev–Trinajstić information content (AvgIpc) is 2.74. The largest absolute Gasteiger partial charge is 0.497 e. The molecule has 0 aliphatic rings. The molecule has 1 aromatic heterocycles. The maximum Gasteiger partial charge on any atom is 0.119 e. The fourth-order valence-electron chi connectivity index (χ4n) is 4.12. The van der Waals surface area contributed by atoms with E-state index in [0.717, 1.165) is 75.4 Å². The molecule has 1 atom stereocenters. The zero-order valence-corrected chi connectivity index (χ0v) is 19.9. The molecule has 0 radical (unpaired) electrons. The van der Waals surface area contributed by atoms with Crippen molar-refractivity contribution in [3.63, 3.8) is 0 Å². The van der Waals surface area contributed by atoms with Gasteiger partial charge in [-0.1, -0.05) is 25.4 Å². The van der Waals surface area contributed by atoms with Gasteiger partial charge in [0.2, 0.25) is 0 Å². The summed E-state index contributed by atoms with van der Waals surface area (Å²) in [6.45, 7) is 14.2. The van der Waals surface area contributed by atoms with Crippen molar-refractivity contribution in [2.24, 2.45) is 0 Å². The fraction of sp³-hybridized carbons (Fsp3) is 0.480. The molecule has 0 saturated carbocycles. The van der Waals surface area contributed by atoms with Crippen LogP contribution in [0.4, 0.5) is 5.69 Å². The van der Waals surface area contributed by atoms with Crippen LogP contribution in [-0.2, 0) is 0 Å². The highest BCUT2D eigenvalue weighted by Gasteiger charge is 2.16. The second-order valence-electron chi connectivity index (χ2n) is 8.11. The van der Waals surface area contributed by atoms with Crippen molar-refractivity contribution in [3.05, 3.63) is 40.4 Å². The van der Waals surface area contributed by atoms with Gasteiger partial charge in [0.1, 0.15) is 5.75 Å². The van der Waals surface area contributed by atoms with E-state index in [2.05, 4.69) is 50.0 Å². The Balaban J connectivity index is 2.03. The Morgan fingerprint density at radius 3 is 2.50 bits per heavy atom. The zero-order valence-electron chi connectivity index (χ0n) is 19.1. The maximum absolute atomic E-state index is 6.42. The SMILES string of the molecule is CCN(CC)CCC[C@H](C)Nc1c2cc(OC)cc(C)c2nc2c(C)c(Cl)ccc12. The first kappa shape index (κ1) is 22.6. The summed E-state index contributed by atoms with van der Waals surface area (Å²) < 4.78 is 5.55. The molecule has 0 spiro atoms. The van der Waals surface area contributed by atoms with Crippen LogP contribution in [0.15, 0.2) is 24.3 Å². The number of aromatic nitrogens is 1. The number of hydrogen-bond acceptors (Lipinski definition) is 4. The third-order valence-corrected chi connectivity index (χ3v) is 6.44. The molecular weight excluding hydrogens is 394 g/mol. The van der Waals surface area contributed by atoms with Gasteiger partial charge in [-0.15, -0.1) is 0 Å². The summed E-state index contributed by atoms with van der Waals surface area (Å²) in [5, 5.41) is 6.75. The Labute approximate surface area is 185 Å². The van der Waals surface area contributed by atoms with Gasteiger partial charge < -0.3 is 15.0 Å². The maximum atomic E-state index is 6.42. The van der Waals surface area contributed by atoms with Crippen LogP contribution in [0.25, 0.3) is 21.8 Å². The highest BCUT2D eigenvalue weighted by molar-refractivity contribution is 6.32. The number of methoxy groups -OCH3 is 1. The van der Waals surface area contributed by atoms with Gasteiger partial charge in [0.05, 0.1) is 23.8 Å². The normalized spacial score (nSPS) is 12.7. The van der Waals surface area contributed by atoms with Crippen molar-refractivity contribution in [1.82, 2.24) is 9.88 Å². The summed E-state index contributed by atoms with van der Waals surface area (Å²) in [6.07, 6.45) is 2.28. The van der Waals surface area contributed by atoms with Gasteiger partial charge in [0, 0.05) is 21.8 Å². The quantitative estimate of drug-likeness (QED) is 0.391. The first-order chi connectivity index (χ1) is 14.4. The van der Waals surface area contributed by atoms with Gasteiger partial charge in [-0.05, 0) is 88.6 Å². The van der Waals surface area contributed by atoms with Crippen molar-refractivity contribution < 1.29 is 4.74 Å². The van der Waals surface area contributed by atoms with Gasteiger partial charge in [0.15, 0.2) is 0 Å². The van der Waals surface area contributed by atoms with Gasteiger partial charge in [-0.2, -0.15) is 0 Å². The number of halogens is 1. The van der Waals surface area contributed by atoms with E-state index in [-0.39, 0.29) is 0 Å². The minimum absolute atomic E-state index is 0.344. The Bertz CT molecular complexity index is 1030. The molecule has 0 fully saturated rings. The molecule has 0 aliphatic carbocycles. The second kappa shape index (κ2) is 9.84. The van der Waals surface area contributed by atoms with Gasteiger partial charge >= 0.3 is 0 Å². The summed E-state index contributed by atoms with van der Waals surface area (Å²) in [7, 11) is 1.71. The minimum atomic E-state index is 0.344. The number of benzene rings is 2. The first-order valence-electron chi connectivity index (χ1n) is 11.0. The molecule has 0 aliphatic heterocycles.